The van der Waals surface area contributed by atoms with E-state index in [0.717, 1.165) is 0 Å². The molecule has 0 unspecified atom stereocenters. The van der Waals surface area contributed by atoms with Crippen LogP contribution in [0.2, 0.25) is 0 Å². The van der Waals surface area contributed by atoms with Crippen LogP contribution in [0.4, 0.5) is 5.69 Å². The van der Waals surface area contributed by atoms with Crippen molar-refractivity contribution in [3.05, 3.63) is 67.1 Å². The molecule has 3 rings (SSSR count). The number of benzene rings is 2. The van der Waals surface area contributed by atoms with Gasteiger partial charge in [0.15, 0.2) is 0 Å². The first kappa shape index (κ1) is 26.8. The molecular formula is C24H30NO5Zn-. The number of carbonyl (C=O) groups is 2. The van der Waals surface area contributed by atoms with E-state index in [1.165, 1.54) is 0 Å². The van der Waals surface area contributed by atoms with Crippen LogP contribution >= 0.6 is 0 Å². The molecule has 7 heteroatoms. The Hall–Kier alpha value is -2.24. The van der Waals surface area contributed by atoms with E-state index in [0.29, 0.717) is 30.0 Å². The van der Waals surface area contributed by atoms with Gasteiger partial charge >= 0.3 is 5.97 Å². The molecule has 31 heavy (non-hydrogen) atoms. The minimum Gasteiger partial charge on any atom is -0.497 e. The van der Waals surface area contributed by atoms with Gasteiger partial charge in [-0.05, 0) is 43.2 Å². The first-order valence-corrected chi connectivity index (χ1v) is 10.1. The van der Waals surface area contributed by atoms with Gasteiger partial charge in [0.1, 0.15) is 11.4 Å². The van der Waals surface area contributed by atoms with Crippen LogP contribution in [0.25, 0.3) is 0 Å². The zero-order chi connectivity index (χ0) is 22.1. The van der Waals surface area contributed by atoms with Crippen molar-refractivity contribution < 1.29 is 43.6 Å². The van der Waals surface area contributed by atoms with Gasteiger partial charge in [0.25, 0.3) is 0 Å². The molecule has 1 saturated heterocycles. The summed E-state index contributed by atoms with van der Waals surface area (Å²) in [5, 5.41) is 11.5. The van der Waals surface area contributed by atoms with Crippen LogP contribution in [0, 0.1) is 12.8 Å². The second-order valence-electron chi connectivity index (χ2n) is 6.79. The Morgan fingerprint density at radius 3 is 2.32 bits per heavy atom. The molecule has 2 aromatic rings. The summed E-state index contributed by atoms with van der Waals surface area (Å²) >= 11 is 0. The SMILES string of the molecule is CCOC(=O)C[C@H]1C(=O)N(c2ccc(OC)cc2)CC[C@]1(O)c1ccccc1.[CH2-]C.[Zn]. The molecule has 0 saturated carbocycles. The van der Waals surface area contributed by atoms with Crippen LogP contribution in [0.5, 0.6) is 5.75 Å². The van der Waals surface area contributed by atoms with Gasteiger partial charge < -0.3 is 26.4 Å². The third kappa shape index (κ3) is 6.14. The number of nitrogens with zero attached hydrogens (tertiary/aromatic N) is 1. The number of amides is 1. The maximum absolute atomic E-state index is 13.3. The largest absolute Gasteiger partial charge is 0.497 e. The molecule has 0 aromatic heterocycles. The van der Waals surface area contributed by atoms with Crippen LogP contribution in [0.3, 0.4) is 0 Å². The Bertz CT molecular complexity index is 828. The van der Waals surface area contributed by atoms with Crippen molar-refractivity contribution in [3.8, 4) is 5.75 Å². The van der Waals surface area contributed by atoms with E-state index in [1.807, 2.05) is 18.2 Å². The summed E-state index contributed by atoms with van der Waals surface area (Å²) in [6, 6.07) is 16.2. The summed E-state index contributed by atoms with van der Waals surface area (Å²) in [6.07, 6.45) is 0.142. The van der Waals surface area contributed by atoms with Crippen molar-refractivity contribution in [3.63, 3.8) is 0 Å². The Balaban J connectivity index is 0.00000156. The maximum Gasteiger partial charge on any atom is 0.306 e. The normalized spacial score (nSPS) is 20.1. The van der Waals surface area contributed by atoms with Gasteiger partial charge in [-0.2, -0.15) is 6.92 Å². The zero-order valence-corrected chi connectivity index (χ0v) is 21.5. The van der Waals surface area contributed by atoms with E-state index in [4.69, 9.17) is 9.47 Å². The average Bonchev–Trinajstić information content (AvgIpc) is 2.79. The minimum absolute atomic E-state index is 0. The molecular weight excluding hydrogens is 448 g/mol. The molecule has 1 N–H and O–H groups in total. The first-order chi connectivity index (χ1) is 14.5. The predicted octanol–water partition coefficient (Wildman–Crippen LogP) is 3.73. The number of esters is 1. The van der Waals surface area contributed by atoms with Crippen LogP contribution in [-0.4, -0.2) is 37.2 Å². The number of hydrogen-bond donors (Lipinski definition) is 1. The van der Waals surface area contributed by atoms with Crippen molar-refractivity contribution in [1.29, 1.82) is 0 Å². The third-order valence-corrected chi connectivity index (χ3v) is 5.19. The number of anilines is 1. The topological polar surface area (TPSA) is 76.1 Å². The predicted molar refractivity (Wildman–Crippen MR) is 116 cm³/mol. The van der Waals surface area contributed by atoms with Gasteiger partial charge in [-0.3, -0.25) is 9.59 Å². The molecule has 1 aliphatic heterocycles. The number of rotatable bonds is 6. The Morgan fingerprint density at radius 1 is 1.16 bits per heavy atom. The van der Waals surface area contributed by atoms with Gasteiger partial charge in [0, 0.05) is 31.7 Å². The van der Waals surface area contributed by atoms with E-state index in [-0.39, 0.29) is 38.4 Å². The van der Waals surface area contributed by atoms with Crippen LogP contribution in [-0.2, 0) is 39.4 Å². The number of methoxy groups -OCH3 is 1. The number of piperidine rings is 1. The van der Waals surface area contributed by atoms with Crippen molar-refractivity contribution >= 4 is 17.6 Å². The maximum atomic E-state index is 13.3. The minimum atomic E-state index is -1.42. The van der Waals surface area contributed by atoms with Gasteiger partial charge in [-0.15, -0.1) is 0 Å². The summed E-state index contributed by atoms with van der Waals surface area (Å²) in [6.45, 7) is 7.29. The fraction of sp³-hybridized carbons (Fsp3) is 0.375. The Labute approximate surface area is 197 Å². The second-order valence-corrected chi connectivity index (χ2v) is 6.79. The number of aliphatic hydroxyl groups is 1. The summed E-state index contributed by atoms with van der Waals surface area (Å²) in [5.41, 5.74) is -0.0875. The van der Waals surface area contributed by atoms with Crippen molar-refractivity contribution in [1.82, 2.24) is 0 Å². The molecule has 0 aliphatic carbocycles. The molecule has 164 valence electrons. The number of ether oxygens (including phenoxy) is 2. The smallest absolute Gasteiger partial charge is 0.306 e. The van der Waals surface area contributed by atoms with Crippen LogP contribution < -0.4 is 9.64 Å². The third-order valence-electron chi connectivity index (χ3n) is 5.19. The molecule has 2 atom stereocenters. The molecule has 2 aromatic carbocycles. The number of carbonyl (C=O) groups excluding carboxylic acids is 2. The molecule has 1 aliphatic rings. The molecule has 1 amide bonds. The summed E-state index contributed by atoms with van der Waals surface area (Å²) in [4.78, 5) is 27.1. The fourth-order valence-electron chi connectivity index (χ4n) is 3.69. The van der Waals surface area contributed by atoms with Crippen LogP contribution in [0.1, 0.15) is 32.3 Å². The monoisotopic (exact) mass is 476 g/mol. The van der Waals surface area contributed by atoms with Gasteiger partial charge in [-0.1, -0.05) is 30.3 Å². The van der Waals surface area contributed by atoms with Gasteiger partial charge in [0.05, 0.1) is 26.1 Å². The Kier molecular flexibility index (Phi) is 10.9. The fourth-order valence-corrected chi connectivity index (χ4v) is 3.69. The van der Waals surface area contributed by atoms with E-state index < -0.39 is 17.5 Å². The molecule has 6 nitrogen and oxygen atoms in total. The van der Waals surface area contributed by atoms with Gasteiger partial charge in [-0.25, -0.2) is 0 Å². The quantitative estimate of drug-likeness (QED) is 0.390. The summed E-state index contributed by atoms with van der Waals surface area (Å²) < 4.78 is 10.2. The van der Waals surface area contributed by atoms with E-state index in [9.17, 15) is 14.7 Å². The Morgan fingerprint density at radius 2 is 1.77 bits per heavy atom. The first-order valence-electron chi connectivity index (χ1n) is 10.1. The molecule has 0 spiro atoms. The van der Waals surface area contributed by atoms with Crippen molar-refractivity contribution in [2.75, 3.05) is 25.2 Å². The van der Waals surface area contributed by atoms with Crippen LogP contribution in [0.15, 0.2) is 54.6 Å². The zero-order valence-electron chi connectivity index (χ0n) is 18.5. The average molecular weight is 478 g/mol. The standard InChI is InChI=1S/C22H25NO5.C2H5.Zn/c1-3-28-20(24)15-19-21(25)23(17-9-11-18(27-2)12-10-17)14-13-22(19,26)16-7-5-4-6-8-16;1-2;/h4-12,19,26H,3,13-15H2,1-2H3;1H2,2H3;/q;-1;/t19-,22-;;/m0../s1. The van der Waals surface area contributed by atoms with Crippen molar-refractivity contribution in [2.45, 2.75) is 32.3 Å². The molecule has 0 bridgehead atoms. The summed E-state index contributed by atoms with van der Waals surface area (Å²) in [7, 11) is 1.58. The van der Waals surface area contributed by atoms with Crippen molar-refractivity contribution in [2.24, 2.45) is 5.92 Å². The summed E-state index contributed by atoms with van der Waals surface area (Å²) in [5.74, 6) is -1.02. The van der Waals surface area contributed by atoms with E-state index >= 15 is 0 Å². The van der Waals surface area contributed by atoms with E-state index in [2.05, 4.69) is 6.92 Å². The molecule has 1 fully saturated rings. The number of hydrogen-bond acceptors (Lipinski definition) is 5. The molecule has 0 radical (unpaired) electrons. The van der Waals surface area contributed by atoms with Gasteiger partial charge in [0.2, 0.25) is 5.91 Å². The second kappa shape index (κ2) is 12.6. The molecule has 1 heterocycles. The van der Waals surface area contributed by atoms with E-state index in [1.54, 1.807) is 62.3 Å².